The molecule has 0 radical (unpaired) electrons. The molecule has 0 aliphatic rings. The number of sulfonamides is 1. The van der Waals surface area contributed by atoms with Crippen LogP contribution in [-0.2, 0) is 10.0 Å². The molecular weight excluding hydrogens is 468 g/mol. The third-order valence-corrected chi connectivity index (χ3v) is 7.57. The van der Waals surface area contributed by atoms with Crippen molar-refractivity contribution in [2.24, 2.45) is 0 Å². The van der Waals surface area contributed by atoms with E-state index in [-0.39, 0.29) is 22.2 Å². The molecule has 0 unspecified atom stereocenters. The second-order valence-corrected chi connectivity index (χ2v) is 9.50. The lowest BCUT2D eigenvalue weighted by Gasteiger charge is -2.18. The summed E-state index contributed by atoms with van der Waals surface area (Å²) in [6.07, 6.45) is 1.22. The van der Waals surface area contributed by atoms with Crippen LogP contribution in [-0.4, -0.2) is 40.7 Å². The average molecular weight is 493 g/mol. The maximum Gasteiger partial charge on any atom is 0.353 e. The number of fused-ring (bicyclic) bond motifs is 1. The van der Waals surface area contributed by atoms with Gasteiger partial charge in [-0.25, -0.2) is 18.4 Å². The Labute approximate surface area is 202 Å². The molecule has 0 amide bonds. The first-order valence-electron chi connectivity index (χ1n) is 11.0. The molecule has 0 spiro atoms. The van der Waals surface area contributed by atoms with Gasteiger partial charge in [0.25, 0.3) is 0 Å². The van der Waals surface area contributed by atoms with Crippen LogP contribution in [0.5, 0.6) is 0 Å². The fourth-order valence-electron chi connectivity index (χ4n) is 3.76. The summed E-state index contributed by atoms with van der Waals surface area (Å²) in [5, 5.41) is 19.8. The van der Waals surface area contributed by atoms with Crippen molar-refractivity contribution in [2.45, 2.75) is 18.7 Å². The minimum atomic E-state index is -3.61. The zero-order chi connectivity index (χ0) is 25.0. The largest absolute Gasteiger partial charge is 0.353 e. The lowest BCUT2D eigenvalue weighted by atomic mass is 10.1. The Morgan fingerprint density at radius 3 is 2.17 bits per heavy atom. The number of anilines is 4. The van der Waals surface area contributed by atoms with Crippen LogP contribution >= 0.6 is 0 Å². The van der Waals surface area contributed by atoms with E-state index in [0.29, 0.717) is 24.5 Å². The second kappa shape index (κ2) is 10.0. The van der Waals surface area contributed by atoms with E-state index in [0.717, 1.165) is 10.8 Å². The van der Waals surface area contributed by atoms with Gasteiger partial charge in [0, 0.05) is 29.9 Å². The van der Waals surface area contributed by atoms with Crippen molar-refractivity contribution in [3.8, 4) is 0 Å². The zero-order valence-electron chi connectivity index (χ0n) is 19.2. The maximum absolute atomic E-state index is 12.7. The number of benzene rings is 3. The Hall–Kier alpha value is -4.09. The van der Waals surface area contributed by atoms with Crippen LogP contribution in [0.4, 0.5) is 28.7 Å². The molecule has 3 aromatic carbocycles. The predicted molar refractivity (Wildman–Crippen MR) is 136 cm³/mol. The summed E-state index contributed by atoms with van der Waals surface area (Å²) in [4.78, 5) is 19.7. The summed E-state index contributed by atoms with van der Waals surface area (Å²) in [6, 6.07) is 19.3. The highest BCUT2D eigenvalue weighted by atomic mass is 32.2. The normalized spacial score (nSPS) is 11.5. The SMILES string of the molecule is CCN(CC)S(=O)(=O)c1ccc(Nc2ncnc(Nc3cccc4ccccc34)c2[N+](=O)[O-])cc1. The molecule has 0 atom stereocenters. The minimum absolute atomic E-state index is 0.0212. The number of hydrogen-bond donors (Lipinski definition) is 2. The van der Waals surface area contributed by atoms with E-state index in [2.05, 4.69) is 20.6 Å². The van der Waals surface area contributed by atoms with Crippen LogP contribution in [0.2, 0.25) is 0 Å². The highest BCUT2D eigenvalue weighted by Gasteiger charge is 2.25. The van der Waals surface area contributed by atoms with E-state index in [1.54, 1.807) is 26.0 Å². The second-order valence-electron chi connectivity index (χ2n) is 7.57. The summed E-state index contributed by atoms with van der Waals surface area (Å²) in [5.41, 5.74) is 0.781. The number of rotatable bonds is 9. The van der Waals surface area contributed by atoms with Gasteiger partial charge >= 0.3 is 5.69 Å². The van der Waals surface area contributed by atoms with Crippen molar-refractivity contribution < 1.29 is 13.3 Å². The Kier molecular flexibility index (Phi) is 6.90. The Morgan fingerprint density at radius 2 is 1.51 bits per heavy atom. The van der Waals surface area contributed by atoms with Crippen molar-refractivity contribution in [1.82, 2.24) is 14.3 Å². The first-order chi connectivity index (χ1) is 16.8. The lowest BCUT2D eigenvalue weighted by Crippen LogP contribution is -2.30. The molecule has 4 rings (SSSR count). The molecule has 0 saturated carbocycles. The van der Waals surface area contributed by atoms with E-state index < -0.39 is 14.9 Å². The Bertz CT molecular complexity index is 1470. The molecular formula is C24H24N6O4S. The Morgan fingerprint density at radius 1 is 0.886 bits per heavy atom. The van der Waals surface area contributed by atoms with E-state index in [1.165, 1.54) is 22.8 Å². The summed E-state index contributed by atoms with van der Waals surface area (Å²) < 4.78 is 26.8. The van der Waals surface area contributed by atoms with Gasteiger partial charge in [-0.15, -0.1) is 0 Å². The van der Waals surface area contributed by atoms with Gasteiger partial charge in [0.2, 0.25) is 21.7 Å². The van der Waals surface area contributed by atoms with Gasteiger partial charge in [-0.1, -0.05) is 50.2 Å². The van der Waals surface area contributed by atoms with Gasteiger partial charge in [0.05, 0.1) is 9.82 Å². The minimum Gasteiger partial charge on any atom is -0.334 e. The van der Waals surface area contributed by atoms with Crippen molar-refractivity contribution in [3.63, 3.8) is 0 Å². The van der Waals surface area contributed by atoms with Crippen LogP contribution in [0.1, 0.15) is 13.8 Å². The molecule has 180 valence electrons. The lowest BCUT2D eigenvalue weighted by molar-refractivity contribution is -0.383. The number of hydrogen-bond acceptors (Lipinski definition) is 8. The molecule has 35 heavy (non-hydrogen) atoms. The molecule has 1 aromatic heterocycles. The summed E-state index contributed by atoms with van der Waals surface area (Å²) in [6.45, 7) is 4.26. The number of nitro groups is 1. The number of nitrogens with zero attached hydrogens (tertiary/aromatic N) is 4. The highest BCUT2D eigenvalue weighted by Crippen LogP contribution is 2.35. The van der Waals surface area contributed by atoms with Gasteiger partial charge in [0.15, 0.2) is 0 Å². The van der Waals surface area contributed by atoms with Crippen LogP contribution in [0.25, 0.3) is 10.8 Å². The molecule has 4 aromatic rings. The monoisotopic (exact) mass is 492 g/mol. The van der Waals surface area contributed by atoms with Crippen molar-refractivity contribution in [3.05, 3.63) is 83.2 Å². The molecule has 0 aliphatic carbocycles. The molecule has 0 fully saturated rings. The zero-order valence-corrected chi connectivity index (χ0v) is 20.0. The molecule has 2 N–H and O–H groups in total. The van der Waals surface area contributed by atoms with Gasteiger partial charge in [-0.05, 0) is 35.7 Å². The van der Waals surface area contributed by atoms with Crippen molar-refractivity contribution in [2.75, 3.05) is 23.7 Å². The predicted octanol–water partition coefficient (Wildman–Crippen LogP) is 5.06. The summed E-state index contributed by atoms with van der Waals surface area (Å²) >= 11 is 0. The van der Waals surface area contributed by atoms with Crippen LogP contribution in [0.15, 0.2) is 78.0 Å². The molecule has 1 heterocycles. The van der Waals surface area contributed by atoms with Crippen LogP contribution in [0, 0.1) is 10.1 Å². The topological polar surface area (TPSA) is 130 Å². The van der Waals surface area contributed by atoms with E-state index >= 15 is 0 Å². The molecule has 0 aliphatic heterocycles. The molecule has 11 heteroatoms. The van der Waals surface area contributed by atoms with Crippen LogP contribution in [0.3, 0.4) is 0 Å². The van der Waals surface area contributed by atoms with E-state index in [4.69, 9.17) is 0 Å². The van der Waals surface area contributed by atoms with Crippen molar-refractivity contribution in [1.29, 1.82) is 0 Å². The van der Waals surface area contributed by atoms with Gasteiger partial charge in [-0.2, -0.15) is 4.31 Å². The molecule has 0 saturated heterocycles. The fraction of sp³-hybridized carbons (Fsp3) is 0.167. The fourth-order valence-corrected chi connectivity index (χ4v) is 5.21. The average Bonchev–Trinajstić information content (AvgIpc) is 2.85. The summed E-state index contributed by atoms with van der Waals surface area (Å²) in [7, 11) is -3.61. The first-order valence-corrected chi connectivity index (χ1v) is 12.4. The quantitative estimate of drug-likeness (QED) is 0.245. The molecule has 10 nitrogen and oxygen atoms in total. The van der Waals surface area contributed by atoms with Crippen molar-refractivity contribution >= 4 is 49.5 Å². The standard InChI is InChI=1S/C24H24N6O4S/c1-3-29(4-2)35(33,34)19-14-12-18(13-15-19)27-23-22(30(31)32)24(26-16-25-23)28-21-11-7-9-17-8-5-6-10-20(17)21/h5-16H,3-4H2,1-2H3,(H2,25,26,27,28). The van der Waals surface area contributed by atoms with Crippen LogP contribution < -0.4 is 10.6 Å². The van der Waals surface area contributed by atoms with Gasteiger partial charge in [-0.3, -0.25) is 10.1 Å². The maximum atomic E-state index is 12.7. The number of aromatic nitrogens is 2. The highest BCUT2D eigenvalue weighted by molar-refractivity contribution is 7.89. The number of nitrogens with one attached hydrogen (secondary N) is 2. The third kappa shape index (κ3) is 4.91. The van der Waals surface area contributed by atoms with Gasteiger partial charge < -0.3 is 10.6 Å². The third-order valence-electron chi connectivity index (χ3n) is 5.51. The molecule has 0 bridgehead atoms. The smallest absolute Gasteiger partial charge is 0.334 e. The van der Waals surface area contributed by atoms with E-state index in [9.17, 15) is 18.5 Å². The van der Waals surface area contributed by atoms with Gasteiger partial charge in [0.1, 0.15) is 6.33 Å². The Balaban J connectivity index is 1.65. The summed E-state index contributed by atoms with van der Waals surface area (Å²) in [5.74, 6) is 0.0108. The van der Waals surface area contributed by atoms with E-state index in [1.807, 2.05) is 42.5 Å². The first kappa shape index (κ1) is 24.0.